The Morgan fingerprint density at radius 3 is 2.37 bits per heavy atom. The third kappa shape index (κ3) is 4.32. The Morgan fingerprint density at radius 1 is 1.30 bits per heavy atom. The molecule has 7 nitrogen and oxygen atoms in total. The first-order chi connectivity index (χ1) is 15.8. The molecule has 0 N–H and O–H groups in total. The van der Waals surface area contributed by atoms with Gasteiger partial charge in [0.05, 0.1) is 24.2 Å². The van der Waals surface area contributed by atoms with Gasteiger partial charge in [-0.15, -0.1) is 0 Å². The van der Waals surface area contributed by atoms with E-state index in [0.717, 1.165) is 6.20 Å². The van der Waals surface area contributed by atoms with Gasteiger partial charge in [-0.3, -0.25) is 4.68 Å². The Bertz CT molecular complexity index is 1010. The number of hydrogen-bond donors (Lipinski definition) is 0. The standard InChI is InChI=1S/C19H32BN3O4/c1-17(2,3)25-16(24)22-11-8-14(9-12-22)23-13-10-15(21-23)20-26-18(4,5)19(6,7)27-20/h10,13-14H,8-9,11-12H2,1-7H3/i8D2,9D2,11D2,12D2,14D. The predicted octanol–water partition coefficient (Wildman–Crippen LogP) is 2.75. The first-order valence-electron chi connectivity index (χ1n) is 13.2. The summed E-state index contributed by atoms with van der Waals surface area (Å²) in [5.41, 5.74) is -2.66. The molecule has 0 radical (unpaired) electrons. The van der Waals surface area contributed by atoms with Crippen LogP contribution in [0.4, 0.5) is 4.79 Å². The third-order valence-electron chi connectivity index (χ3n) is 4.48. The summed E-state index contributed by atoms with van der Waals surface area (Å²) in [4.78, 5) is 12.6. The van der Waals surface area contributed by atoms with E-state index in [0.29, 0.717) is 4.68 Å². The second kappa shape index (κ2) is 6.81. The van der Waals surface area contributed by atoms with Crippen molar-refractivity contribution in [1.82, 2.24) is 14.7 Å². The largest absolute Gasteiger partial charge is 0.516 e. The minimum absolute atomic E-state index is 0.0579. The van der Waals surface area contributed by atoms with Crippen LogP contribution >= 0.6 is 0 Å². The maximum atomic E-state index is 12.8. The zero-order valence-corrected chi connectivity index (χ0v) is 16.7. The Kier molecular flexibility index (Phi) is 2.89. The van der Waals surface area contributed by atoms with Crippen LogP contribution in [0.3, 0.4) is 0 Å². The highest BCUT2D eigenvalue weighted by molar-refractivity contribution is 6.61. The van der Waals surface area contributed by atoms with Crippen molar-refractivity contribution in [3.05, 3.63) is 12.3 Å². The van der Waals surface area contributed by atoms with Crippen molar-refractivity contribution in [2.75, 3.05) is 13.0 Å². The summed E-state index contributed by atoms with van der Waals surface area (Å²) in [7, 11) is -1.05. The van der Waals surface area contributed by atoms with E-state index in [9.17, 15) is 4.79 Å². The number of likely N-dealkylation sites (tertiary alicyclic amines) is 1. The average Bonchev–Trinajstić information content (AvgIpc) is 3.20. The van der Waals surface area contributed by atoms with Crippen molar-refractivity contribution in [3.63, 3.8) is 0 Å². The number of aromatic nitrogens is 2. The fourth-order valence-electron chi connectivity index (χ4n) is 2.34. The number of carbonyl (C=O) groups is 1. The molecule has 0 unspecified atom stereocenters. The highest BCUT2D eigenvalue weighted by Gasteiger charge is 2.52. The van der Waals surface area contributed by atoms with Gasteiger partial charge in [0, 0.05) is 30.2 Å². The first kappa shape index (κ1) is 11.5. The number of piperidine rings is 1. The molecule has 0 bridgehead atoms. The number of nitrogens with zero attached hydrogens (tertiary/aromatic N) is 3. The van der Waals surface area contributed by atoms with Gasteiger partial charge in [0.1, 0.15) is 5.60 Å². The summed E-state index contributed by atoms with van der Waals surface area (Å²) in [6, 6.07) is -2.02. The number of amides is 1. The van der Waals surface area contributed by atoms with Crippen molar-refractivity contribution in [2.24, 2.45) is 0 Å². The summed E-state index contributed by atoms with van der Waals surface area (Å²) >= 11 is 0. The second-order valence-electron chi connectivity index (χ2n) is 8.41. The van der Waals surface area contributed by atoms with Crippen molar-refractivity contribution in [2.45, 2.75) is 84.0 Å². The SMILES string of the molecule is [2H]C1([2H])N(C(=O)OC(C)(C)C)C([2H])([2H])C([2H])([2H])C([2H])(n2ccc(B3OC(C)(C)C(C)(C)O3)n2)C1([2H])[2H]. The number of carbonyl (C=O) groups excluding carboxylic acids is 1. The molecule has 1 aromatic rings. The van der Waals surface area contributed by atoms with E-state index in [-0.39, 0.29) is 10.5 Å². The van der Waals surface area contributed by atoms with Crippen LogP contribution in [0.2, 0.25) is 0 Å². The number of ether oxygens (including phenoxy) is 1. The molecule has 3 heterocycles. The van der Waals surface area contributed by atoms with Gasteiger partial charge in [-0.25, -0.2) is 4.79 Å². The van der Waals surface area contributed by atoms with Crippen LogP contribution in [0.25, 0.3) is 0 Å². The fraction of sp³-hybridized carbons (Fsp3) is 0.789. The Morgan fingerprint density at radius 2 is 1.85 bits per heavy atom. The molecule has 2 saturated heterocycles. The topological polar surface area (TPSA) is 65.8 Å². The Balaban J connectivity index is 2.14. The zero-order valence-electron chi connectivity index (χ0n) is 25.7. The maximum Gasteiger partial charge on any atom is 0.516 e. The van der Waals surface area contributed by atoms with E-state index in [1.165, 1.54) is 26.8 Å². The van der Waals surface area contributed by atoms with Crippen LogP contribution in [-0.2, 0) is 14.0 Å². The van der Waals surface area contributed by atoms with Crippen molar-refractivity contribution >= 4 is 18.8 Å². The van der Waals surface area contributed by atoms with Gasteiger partial charge < -0.3 is 18.9 Å². The lowest BCUT2D eigenvalue weighted by Gasteiger charge is -2.33. The van der Waals surface area contributed by atoms with Gasteiger partial charge in [-0.1, -0.05) is 0 Å². The second-order valence-corrected chi connectivity index (χ2v) is 8.41. The summed E-state index contributed by atoms with van der Waals surface area (Å²) in [5, 5.41) is 4.10. The highest BCUT2D eigenvalue weighted by atomic mass is 16.7. The van der Waals surface area contributed by atoms with Crippen LogP contribution in [0.1, 0.15) is 79.6 Å². The summed E-state index contributed by atoms with van der Waals surface area (Å²) in [6.45, 7) is 4.43. The van der Waals surface area contributed by atoms with E-state index < -0.39 is 61.8 Å². The number of rotatable bonds is 2. The van der Waals surface area contributed by atoms with Crippen molar-refractivity contribution in [3.8, 4) is 0 Å². The molecule has 8 heteroatoms. The van der Waals surface area contributed by atoms with Gasteiger partial charge in [-0.2, -0.15) is 5.10 Å². The molecule has 2 aliphatic heterocycles. The summed E-state index contributed by atoms with van der Waals surface area (Å²) in [6.07, 6.45) is -7.64. The molecule has 3 rings (SSSR count). The highest BCUT2D eigenvalue weighted by Crippen LogP contribution is 2.36. The molecule has 150 valence electrons. The maximum absolute atomic E-state index is 12.8. The van der Waals surface area contributed by atoms with Gasteiger partial charge in [0.25, 0.3) is 0 Å². The van der Waals surface area contributed by atoms with Gasteiger partial charge >= 0.3 is 13.2 Å². The summed E-state index contributed by atoms with van der Waals surface area (Å²) < 4.78 is 94.4. The minimum atomic E-state index is -3.54. The smallest absolute Gasteiger partial charge is 0.444 e. The molecule has 0 spiro atoms. The van der Waals surface area contributed by atoms with Crippen LogP contribution in [0, 0.1) is 0 Å². The summed E-state index contributed by atoms with van der Waals surface area (Å²) in [5.74, 6) is 0. The molecular formula is C19H32BN3O4. The normalized spacial score (nSPS) is 36.5. The average molecular weight is 386 g/mol. The zero-order chi connectivity index (χ0) is 28.1. The molecule has 0 aliphatic carbocycles. The predicted molar refractivity (Wildman–Crippen MR) is 104 cm³/mol. The lowest BCUT2D eigenvalue weighted by Crippen LogP contribution is -2.42. The molecule has 27 heavy (non-hydrogen) atoms. The van der Waals surface area contributed by atoms with E-state index in [1.807, 2.05) is 0 Å². The monoisotopic (exact) mass is 386 g/mol. The van der Waals surface area contributed by atoms with Crippen LogP contribution in [0.5, 0.6) is 0 Å². The quantitative estimate of drug-likeness (QED) is 0.732. The molecule has 2 fully saturated rings. The third-order valence-corrected chi connectivity index (χ3v) is 4.48. The Hall–Kier alpha value is -1.54. The van der Waals surface area contributed by atoms with Crippen LogP contribution in [-0.4, -0.2) is 57.7 Å². The minimum Gasteiger partial charge on any atom is -0.444 e. The molecule has 2 aliphatic rings. The molecule has 0 aromatic carbocycles. The number of hydrogen-bond acceptors (Lipinski definition) is 5. The molecule has 1 aromatic heterocycles. The van der Waals surface area contributed by atoms with E-state index in [1.54, 1.807) is 27.7 Å². The molecule has 0 saturated carbocycles. The van der Waals surface area contributed by atoms with Crippen molar-refractivity contribution in [1.29, 1.82) is 0 Å². The van der Waals surface area contributed by atoms with Crippen molar-refractivity contribution < 1.29 is 31.2 Å². The Labute approximate surface area is 175 Å². The molecule has 0 atom stereocenters. The molecule has 1 amide bonds. The van der Waals surface area contributed by atoms with Gasteiger partial charge in [0.2, 0.25) is 0 Å². The van der Waals surface area contributed by atoms with Crippen LogP contribution < -0.4 is 5.59 Å². The van der Waals surface area contributed by atoms with E-state index in [4.69, 9.17) is 26.4 Å². The van der Waals surface area contributed by atoms with Crippen LogP contribution in [0.15, 0.2) is 12.3 Å². The van der Waals surface area contributed by atoms with Gasteiger partial charge in [0.15, 0.2) is 0 Å². The van der Waals surface area contributed by atoms with Gasteiger partial charge in [-0.05, 0) is 67.3 Å². The van der Waals surface area contributed by atoms with E-state index >= 15 is 0 Å². The lowest BCUT2D eigenvalue weighted by molar-refractivity contribution is 0.00578. The molecular weight excluding hydrogens is 345 g/mol. The van der Waals surface area contributed by atoms with E-state index in [2.05, 4.69) is 5.10 Å². The lowest BCUT2D eigenvalue weighted by atomic mass is 9.85. The fourth-order valence-corrected chi connectivity index (χ4v) is 2.34. The first-order valence-corrected chi connectivity index (χ1v) is 8.73.